The topological polar surface area (TPSA) is 76.7 Å². The van der Waals surface area contributed by atoms with Crippen molar-refractivity contribution in [2.45, 2.75) is 44.1 Å². The van der Waals surface area contributed by atoms with Crippen LogP contribution in [-0.2, 0) is 4.79 Å². The highest BCUT2D eigenvalue weighted by atomic mass is 32.1. The summed E-state index contributed by atoms with van der Waals surface area (Å²) < 4.78 is 10.6. The molecular formula is C26H30N2O4S. The smallest absolute Gasteiger partial charge is 0.268 e. The molecule has 2 amide bonds. The van der Waals surface area contributed by atoms with E-state index in [1.54, 1.807) is 31.4 Å². The fourth-order valence-corrected chi connectivity index (χ4v) is 7.08. The molecule has 1 aromatic heterocycles. The molecule has 1 aromatic carbocycles. The first kappa shape index (κ1) is 22.0. The van der Waals surface area contributed by atoms with Gasteiger partial charge in [0.1, 0.15) is 5.70 Å². The van der Waals surface area contributed by atoms with E-state index in [4.69, 9.17) is 9.47 Å². The zero-order valence-electron chi connectivity index (χ0n) is 19.1. The standard InChI is InChI=1S/C26H30N2O4S/c1-31-22-6-5-19(11-23(22)32-2)24(29)27-21(12-20-4-3-7-33-20)25(30)28-26-13-16-8-17(14-26)10-18(9-16)15-26/h3-7,11-12,16-18H,8-10,13-15H2,1-2H3,(H,27,29)(H,28,30)/b21-12-. The van der Waals surface area contributed by atoms with Gasteiger partial charge in [-0.3, -0.25) is 9.59 Å². The van der Waals surface area contributed by atoms with Gasteiger partial charge in [-0.15, -0.1) is 11.3 Å². The molecule has 4 fully saturated rings. The SMILES string of the molecule is COc1ccc(C(=O)N/C(=C\c2cccs2)C(=O)NC23CC4CC(CC(C4)C2)C3)cc1OC. The Kier molecular flexibility index (Phi) is 5.91. The first-order chi connectivity index (χ1) is 16.0. The number of carbonyl (C=O) groups excluding carboxylic acids is 2. The molecule has 0 unspecified atom stereocenters. The maximum atomic E-state index is 13.5. The molecule has 4 bridgehead atoms. The summed E-state index contributed by atoms with van der Waals surface area (Å²) in [7, 11) is 3.08. The van der Waals surface area contributed by atoms with E-state index in [-0.39, 0.29) is 23.1 Å². The molecule has 6 nitrogen and oxygen atoms in total. The third kappa shape index (κ3) is 4.51. The van der Waals surface area contributed by atoms with Crippen molar-refractivity contribution < 1.29 is 19.1 Å². The Bertz CT molecular complexity index is 1040. The molecule has 33 heavy (non-hydrogen) atoms. The Morgan fingerprint density at radius 1 is 1.00 bits per heavy atom. The molecule has 0 spiro atoms. The molecule has 4 aliphatic carbocycles. The highest BCUT2D eigenvalue weighted by molar-refractivity contribution is 7.10. The van der Waals surface area contributed by atoms with E-state index >= 15 is 0 Å². The molecule has 7 heteroatoms. The fourth-order valence-electron chi connectivity index (χ4n) is 6.42. The minimum absolute atomic E-state index is 0.131. The Hall–Kier alpha value is -2.80. The number of carbonyl (C=O) groups is 2. The van der Waals surface area contributed by atoms with E-state index in [1.165, 1.54) is 37.7 Å². The number of benzene rings is 1. The van der Waals surface area contributed by atoms with Gasteiger partial charge in [-0.05, 0) is 92.0 Å². The van der Waals surface area contributed by atoms with Gasteiger partial charge in [-0.2, -0.15) is 0 Å². The van der Waals surface area contributed by atoms with E-state index in [2.05, 4.69) is 10.6 Å². The number of nitrogens with one attached hydrogen (secondary N) is 2. The number of thiophene rings is 1. The number of hydrogen-bond donors (Lipinski definition) is 2. The summed E-state index contributed by atoms with van der Waals surface area (Å²) in [5.74, 6) is 2.61. The first-order valence-electron chi connectivity index (χ1n) is 11.6. The molecule has 174 valence electrons. The Morgan fingerprint density at radius 2 is 1.67 bits per heavy atom. The van der Waals surface area contributed by atoms with Crippen LogP contribution in [0.2, 0.25) is 0 Å². The number of hydrogen-bond acceptors (Lipinski definition) is 5. The average Bonchev–Trinajstić information content (AvgIpc) is 3.30. The first-order valence-corrected chi connectivity index (χ1v) is 12.5. The van der Waals surface area contributed by atoms with Crippen LogP contribution in [0.4, 0.5) is 0 Å². The molecule has 0 atom stereocenters. The Balaban J connectivity index is 1.38. The summed E-state index contributed by atoms with van der Waals surface area (Å²) in [6.45, 7) is 0. The maximum Gasteiger partial charge on any atom is 0.268 e. The lowest BCUT2D eigenvalue weighted by Crippen LogP contribution is -2.60. The van der Waals surface area contributed by atoms with Crippen molar-refractivity contribution in [1.82, 2.24) is 10.6 Å². The van der Waals surface area contributed by atoms with Crippen molar-refractivity contribution in [2.24, 2.45) is 17.8 Å². The van der Waals surface area contributed by atoms with Gasteiger partial charge in [0.2, 0.25) is 0 Å². The summed E-state index contributed by atoms with van der Waals surface area (Å²) >= 11 is 1.53. The summed E-state index contributed by atoms with van der Waals surface area (Å²) in [5.41, 5.74) is 0.536. The minimum atomic E-state index is -0.362. The van der Waals surface area contributed by atoms with Gasteiger partial charge in [0.15, 0.2) is 11.5 Å². The van der Waals surface area contributed by atoms with E-state index in [0.29, 0.717) is 17.1 Å². The van der Waals surface area contributed by atoms with Crippen LogP contribution in [-0.4, -0.2) is 31.6 Å². The number of methoxy groups -OCH3 is 2. The molecule has 0 saturated heterocycles. The second-order valence-corrected chi connectivity index (χ2v) is 10.7. The van der Waals surface area contributed by atoms with Crippen LogP contribution < -0.4 is 20.1 Å². The zero-order chi connectivity index (χ0) is 23.0. The minimum Gasteiger partial charge on any atom is -0.493 e. The lowest BCUT2D eigenvalue weighted by molar-refractivity contribution is -0.123. The molecule has 2 N–H and O–H groups in total. The van der Waals surface area contributed by atoms with E-state index in [1.807, 2.05) is 17.5 Å². The highest BCUT2D eigenvalue weighted by Gasteiger charge is 2.51. The van der Waals surface area contributed by atoms with E-state index in [0.717, 1.165) is 41.9 Å². The lowest BCUT2D eigenvalue weighted by Gasteiger charge is -2.56. The molecule has 6 rings (SSSR count). The van der Waals surface area contributed by atoms with E-state index in [9.17, 15) is 9.59 Å². The summed E-state index contributed by atoms with van der Waals surface area (Å²) in [6.07, 6.45) is 8.86. The zero-order valence-corrected chi connectivity index (χ0v) is 19.9. The predicted octanol–water partition coefficient (Wildman–Crippen LogP) is 4.62. The normalized spacial score (nSPS) is 27.8. The number of ether oxygens (including phenoxy) is 2. The second-order valence-electron chi connectivity index (χ2n) is 9.75. The van der Waals surface area contributed by atoms with Crippen molar-refractivity contribution in [1.29, 1.82) is 0 Å². The predicted molar refractivity (Wildman–Crippen MR) is 128 cm³/mol. The fraction of sp³-hybridized carbons (Fsp3) is 0.462. The van der Waals surface area contributed by atoms with Gasteiger partial charge in [-0.25, -0.2) is 0 Å². The van der Waals surface area contributed by atoms with Gasteiger partial charge < -0.3 is 20.1 Å². The summed E-state index contributed by atoms with van der Waals surface area (Å²) in [6, 6.07) is 8.84. The highest BCUT2D eigenvalue weighted by Crippen LogP contribution is 2.55. The Labute approximate surface area is 198 Å². The maximum absolute atomic E-state index is 13.5. The number of rotatable bonds is 7. The summed E-state index contributed by atoms with van der Waals surface area (Å²) in [5, 5.41) is 8.19. The second kappa shape index (κ2) is 8.86. The van der Waals surface area contributed by atoms with Crippen LogP contribution in [0.5, 0.6) is 11.5 Å². The average molecular weight is 467 g/mol. The van der Waals surface area contributed by atoms with Crippen LogP contribution in [0.1, 0.15) is 53.8 Å². The van der Waals surface area contributed by atoms with Crippen molar-refractivity contribution in [2.75, 3.05) is 14.2 Å². The molecule has 4 aliphatic rings. The van der Waals surface area contributed by atoms with Crippen LogP contribution >= 0.6 is 11.3 Å². The molecule has 1 heterocycles. The molecule has 0 aliphatic heterocycles. The lowest BCUT2D eigenvalue weighted by atomic mass is 9.53. The van der Waals surface area contributed by atoms with Crippen LogP contribution in [0.3, 0.4) is 0 Å². The third-order valence-corrected chi connectivity index (χ3v) is 8.20. The molecule has 0 radical (unpaired) electrons. The van der Waals surface area contributed by atoms with E-state index < -0.39 is 0 Å². The van der Waals surface area contributed by atoms with Crippen LogP contribution in [0.25, 0.3) is 6.08 Å². The van der Waals surface area contributed by atoms with Gasteiger partial charge in [0.05, 0.1) is 14.2 Å². The van der Waals surface area contributed by atoms with Gasteiger partial charge in [0, 0.05) is 16.0 Å². The third-order valence-electron chi connectivity index (χ3n) is 7.39. The quantitative estimate of drug-likeness (QED) is 0.584. The van der Waals surface area contributed by atoms with Crippen molar-refractivity contribution in [3.05, 3.63) is 51.8 Å². The molecule has 4 saturated carbocycles. The van der Waals surface area contributed by atoms with Crippen LogP contribution in [0, 0.1) is 17.8 Å². The van der Waals surface area contributed by atoms with Crippen molar-refractivity contribution in [3.63, 3.8) is 0 Å². The molecule has 2 aromatic rings. The van der Waals surface area contributed by atoms with Gasteiger partial charge in [-0.1, -0.05) is 6.07 Å². The van der Waals surface area contributed by atoms with Crippen molar-refractivity contribution >= 4 is 29.2 Å². The largest absolute Gasteiger partial charge is 0.493 e. The molecular weight excluding hydrogens is 436 g/mol. The monoisotopic (exact) mass is 466 g/mol. The number of amides is 2. The van der Waals surface area contributed by atoms with Gasteiger partial charge >= 0.3 is 0 Å². The van der Waals surface area contributed by atoms with Crippen LogP contribution in [0.15, 0.2) is 41.4 Å². The summed E-state index contributed by atoms with van der Waals surface area (Å²) in [4.78, 5) is 27.5. The van der Waals surface area contributed by atoms with Gasteiger partial charge in [0.25, 0.3) is 11.8 Å². The van der Waals surface area contributed by atoms with Crippen molar-refractivity contribution in [3.8, 4) is 11.5 Å². The Morgan fingerprint density at radius 3 is 2.24 bits per heavy atom.